The fourth-order valence-electron chi connectivity index (χ4n) is 3.96. The maximum Gasteiger partial charge on any atom is 0.329 e. The highest BCUT2D eigenvalue weighted by Gasteiger charge is 2.31. The zero-order chi connectivity index (χ0) is 17.4. The van der Waals surface area contributed by atoms with Gasteiger partial charge in [0.2, 0.25) is 11.8 Å². The number of rotatable bonds is 3. The van der Waals surface area contributed by atoms with E-state index in [0.717, 1.165) is 37.0 Å². The molecule has 0 bridgehead atoms. The number of fused-ring (bicyclic) bond motifs is 1. The van der Waals surface area contributed by atoms with Gasteiger partial charge >= 0.3 is 5.69 Å². The van der Waals surface area contributed by atoms with Gasteiger partial charge in [0, 0.05) is 13.0 Å². The lowest BCUT2D eigenvalue weighted by molar-refractivity contribution is -0.135. The van der Waals surface area contributed by atoms with Crippen molar-refractivity contribution in [1.29, 1.82) is 0 Å². The van der Waals surface area contributed by atoms with Gasteiger partial charge in [0.05, 0.1) is 11.0 Å². The Morgan fingerprint density at radius 2 is 1.72 bits per heavy atom. The molecule has 1 aromatic carbocycles. The van der Waals surface area contributed by atoms with Crippen LogP contribution in [0, 0.1) is 5.92 Å². The Labute approximate surface area is 145 Å². The van der Waals surface area contributed by atoms with Gasteiger partial charge in [-0.15, -0.1) is 0 Å². The van der Waals surface area contributed by atoms with E-state index in [2.05, 4.69) is 10.6 Å². The third-order valence-electron chi connectivity index (χ3n) is 5.29. The van der Waals surface area contributed by atoms with Crippen molar-refractivity contribution in [2.45, 2.75) is 38.3 Å². The van der Waals surface area contributed by atoms with E-state index >= 15 is 0 Å². The molecule has 1 unspecified atom stereocenters. The van der Waals surface area contributed by atoms with Crippen molar-refractivity contribution in [3.8, 4) is 0 Å². The summed E-state index contributed by atoms with van der Waals surface area (Å²) in [7, 11) is 0. The topological polar surface area (TPSA) is 85.1 Å². The van der Waals surface area contributed by atoms with Crippen LogP contribution >= 0.6 is 0 Å². The number of carbonyl (C=O) groups excluding carboxylic acids is 2. The number of amides is 2. The molecule has 4 rings (SSSR count). The first-order chi connectivity index (χ1) is 12.1. The van der Waals surface area contributed by atoms with Gasteiger partial charge in [-0.25, -0.2) is 4.79 Å². The lowest BCUT2D eigenvalue weighted by Gasteiger charge is -2.23. The lowest BCUT2D eigenvalue weighted by atomic mass is 9.98. The standard InChI is InChI=1S/C18H22N4O3/c23-16-6-5-15(17(24)20-16)22-14-4-2-1-3-13(14)21(18(22)25)11-12-7-9-19-10-8-12/h1-4,12,15,19H,5-11H2,(H,20,23,24). The fourth-order valence-corrected chi connectivity index (χ4v) is 3.96. The van der Waals surface area contributed by atoms with Crippen LogP contribution in [0.1, 0.15) is 31.7 Å². The summed E-state index contributed by atoms with van der Waals surface area (Å²) in [5.41, 5.74) is 1.46. The molecule has 2 aliphatic rings. The molecule has 2 N–H and O–H groups in total. The maximum atomic E-state index is 13.1. The monoisotopic (exact) mass is 342 g/mol. The number of hydrogen-bond donors (Lipinski definition) is 2. The molecule has 0 spiro atoms. The highest BCUT2D eigenvalue weighted by Crippen LogP contribution is 2.24. The van der Waals surface area contributed by atoms with Crippen molar-refractivity contribution in [3.63, 3.8) is 0 Å². The number of imidazole rings is 1. The van der Waals surface area contributed by atoms with Crippen LogP contribution in [0.2, 0.25) is 0 Å². The molecule has 0 saturated carbocycles. The summed E-state index contributed by atoms with van der Waals surface area (Å²) in [5, 5.41) is 5.70. The minimum atomic E-state index is -0.621. The van der Waals surface area contributed by atoms with Crippen molar-refractivity contribution in [3.05, 3.63) is 34.7 Å². The first kappa shape index (κ1) is 16.1. The van der Waals surface area contributed by atoms with E-state index in [-0.39, 0.29) is 23.9 Å². The molecule has 0 aliphatic carbocycles. The second-order valence-corrected chi connectivity index (χ2v) is 6.91. The largest absolute Gasteiger partial charge is 0.329 e. The molecule has 25 heavy (non-hydrogen) atoms. The fraction of sp³-hybridized carbons (Fsp3) is 0.500. The summed E-state index contributed by atoms with van der Waals surface area (Å²) in [4.78, 5) is 36.9. The molecule has 2 amide bonds. The average molecular weight is 342 g/mol. The smallest absolute Gasteiger partial charge is 0.317 e. The van der Waals surface area contributed by atoms with E-state index in [1.54, 1.807) is 9.13 Å². The second kappa shape index (κ2) is 6.48. The number of nitrogens with one attached hydrogen (secondary N) is 2. The zero-order valence-electron chi connectivity index (χ0n) is 14.0. The van der Waals surface area contributed by atoms with Gasteiger partial charge in [-0.1, -0.05) is 12.1 Å². The maximum absolute atomic E-state index is 13.1. The first-order valence-corrected chi connectivity index (χ1v) is 8.89. The van der Waals surface area contributed by atoms with Gasteiger partial charge in [0.1, 0.15) is 6.04 Å². The minimum absolute atomic E-state index is 0.158. The Bertz CT molecular complexity index is 876. The predicted molar refractivity (Wildman–Crippen MR) is 93.2 cm³/mol. The van der Waals surface area contributed by atoms with Crippen LogP contribution in [0.15, 0.2) is 29.1 Å². The summed E-state index contributed by atoms with van der Waals surface area (Å²) in [6.07, 6.45) is 2.72. The summed E-state index contributed by atoms with van der Waals surface area (Å²) in [6, 6.07) is 6.97. The molecule has 132 valence electrons. The normalized spacial score (nSPS) is 22.3. The molecule has 7 nitrogen and oxygen atoms in total. The molecule has 1 atom stereocenters. The average Bonchev–Trinajstić information content (AvgIpc) is 2.89. The Morgan fingerprint density at radius 1 is 1.00 bits per heavy atom. The van der Waals surface area contributed by atoms with E-state index < -0.39 is 6.04 Å². The molecule has 2 saturated heterocycles. The van der Waals surface area contributed by atoms with E-state index in [1.165, 1.54) is 0 Å². The molecule has 0 radical (unpaired) electrons. The van der Waals surface area contributed by atoms with Crippen LogP contribution in [0.5, 0.6) is 0 Å². The number of piperidine rings is 2. The lowest BCUT2D eigenvalue weighted by Crippen LogP contribution is -2.44. The quantitative estimate of drug-likeness (QED) is 0.808. The number of carbonyl (C=O) groups is 2. The molecular weight excluding hydrogens is 320 g/mol. The minimum Gasteiger partial charge on any atom is -0.317 e. The molecular formula is C18H22N4O3. The van der Waals surface area contributed by atoms with Crippen molar-refractivity contribution in [2.75, 3.05) is 13.1 Å². The summed E-state index contributed by atoms with van der Waals surface area (Å²) < 4.78 is 3.37. The van der Waals surface area contributed by atoms with E-state index in [9.17, 15) is 14.4 Å². The number of imide groups is 1. The predicted octanol–water partition coefficient (Wildman–Crippen LogP) is 0.780. The number of nitrogens with zero attached hydrogens (tertiary/aromatic N) is 2. The van der Waals surface area contributed by atoms with Crippen molar-refractivity contribution in [1.82, 2.24) is 19.8 Å². The Hall–Kier alpha value is -2.41. The number of hydrogen-bond acceptors (Lipinski definition) is 4. The molecule has 3 heterocycles. The number of para-hydroxylation sites is 2. The van der Waals surface area contributed by atoms with Crippen molar-refractivity contribution >= 4 is 22.8 Å². The highest BCUT2D eigenvalue weighted by molar-refractivity contribution is 6.00. The van der Waals surface area contributed by atoms with Crippen LogP contribution < -0.4 is 16.3 Å². The molecule has 7 heteroatoms. The number of aromatic nitrogens is 2. The molecule has 2 aromatic rings. The number of benzene rings is 1. The SMILES string of the molecule is O=C1CCC(n2c(=O)n(CC3CCNCC3)c3ccccc32)C(=O)N1. The van der Waals surface area contributed by atoms with Crippen LogP contribution in [-0.2, 0) is 16.1 Å². The Morgan fingerprint density at radius 3 is 2.44 bits per heavy atom. The van der Waals surface area contributed by atoms with E-state index in [4.69, 9.17) is 0 Å². The van der Waals surface area contributed by atoms with Crippen LogP contribution in [0.25, 0.3) is 11.0 Å². The highest BCUT2D eigenvalue weighted by atomic mass is 16.2. The molecule has 2 fully saturated rings. The first-order valence-electron chi connectivity index (χ1n) is 8.89. The summed E-state index contributed by atoms with van der Waals surface area (Å²) >= 11 is 0. The van der Waals surface area contributed by atoms with Crippen molar-refractivity contribution in [2.24, 2.45) is 5.92 Å². The van der Waals surface area contributed by atoms with Gasteiger partial charge < -0.3 is 5.32 Å². The van der Waals surface area contributed by atoms with Gasteiger partial charge in [-0.3, -0.25) is 24.0 Å². The second-order valence-electron chi connectivity index (χ2n) is 6.91. The third kappa shape index (κ3) is 2.89. The van der Waals surface area contributed by atoms with E-state index in [0.29, 0.717) is 18.9 Å². The van der Waals surface area contributed by atoms with Gasteiger partial charge in [-0.2, -0.15) is 0 Å². The summed E-state index contributed by atoms with van der Waals surface area (Å²) in [6.45, 7) is 2.62. The third-order valence-corrected chi connectivity index (χ3v) is 5.29. The van der Waals surface area contributed by atoms with Gasteiger partial charge in [-0.05, 0) is 50.4 Å². The van der Waals surface area contributed by atoms with Gasteiger partial charge in [0.25, 0.3) is 0 Å². The zero-order valence-corrected chi connectivity index (χ0v) is 14.0. The Kier molecular flexibility index (Phi) is 4.17. The molecule has 2 aliphatic heterocycles. The van der Waals surface area contributed by atoms with Crippen LogP contribution in [0.4, 0.5) is 0 Å². The summed E-state index contributed by atoms with van der Waals surface area (Å²) in [5.74, 6) is -0.198. The Balaban J connectivity index is 1.77. The molecule has 1 aromatic heterocycles. The van der Waals surface area contributed by atoms with Gasteiger partial charge in [0.15, 0.2) is 0 Å². The van der Waals surface area contributed by atoms with Crippen LogP contribution in [0.3, 0.4) is 0 Å². The van der Waals surface area contributed by atoms with Crippen molar-refractivity contribution < 1.29 is 9.59 Å². The van der Waals surface area contributed by atoms with E-state index in [1.807, 2.05) is 24.3 Å². The van der Waals surface area contributed by atoms with Crippen LogP contribution in [-0.4, -0.2) is 34.0 Å².